The second-order valence-corrected chi connectivity index (χ2v) is 9.31. The first-order valence-corrected chi connectivity index (χ1v) is 10.7. The number of rotatable bonds is 5. The van der Waals surface area contributed by atoms with Crippen molar-refractivity contribution in [2.75, 3.05) is 25.0 Å². The number of aryl methyl sites for hydroxylation is 1. The largest absolute Gasteiger partial charge is 0.321 e. The van der Waals surface area contributed by atoms with Gasteiger partial charge in [0.25, 0.3) is 5.91 Å². The van der Waals surface area contributed by atoms with E-state index in [1.165, 1.54) is 11.1 Å². The fourth-order valence-corrected chi connectivity index (χ4v) is 3.90. The van der Waals surface area contributed by atoms with E-state index in [1.54, 1.807) is 0 Å². The van der Waals surface area contributed by atoms with Crippen LogP contribution in [0.25, 0.3) is 0 Å². The molecule has 1 aliphatic rings. The molecular formula is C25H35N2O2+. The van der Waals surface area contributed by atoms with Gasteiger partial charge in [-0.1, -0.05) is 63.2 Å². The van der Waals surface area contributed by atoms with Gasteiger partial charge in [0.2, 0.25) is 0 Å². The zero-order chi connectivity index (χ0) is 20.9. The summed E-state index contributed by atoms with van der Waals surface area (Å²) in [5.41, 5.74) is 4.45. The summed E-state index contributed by atoms with van der Waals surface area (Å²) in [6.45, 7) is 11.2. The minimum absolute atomic E-state index is 0.0111. The van der Waals surface area contributed by atoms with Gasteiger partial charge >= 0.3 is 0 Å². The van der Waals surface area contributed by atoms with Crippen molar-refractivity contribution < 1.29 is 14.3 Å². The summed E-state index contributed by atoms with van der Waals surface area (Å²) >= 11 is 0. The average molecular weight is 396 g/mol. The molecule has 2 aromatic carbocycles. The van der Waals surface area contributed by atoms with Crippen LogP contribution in [0.4, 0.5) is 5.69 Å². The molecule has 0 radical (unpaired) electrons. The van der Waals surface area contributed by atoms with Crippen molar-refractivity contribution in [2.45, 2.75) is 58.9 Å². The maximum Gasteiger partial charge on any atom is 0.282 e. The van der Waals surface area contributed by atoms with Gasteiger partial charge in [-0.15, -0.1) is 0 Å². The van der Waals surface area contributed by atoms with Gasteiger partial charge in [-0.25, -0.2) is 4.84 Å². The van der Waals surface area contributed by atoms with E-state index in [0.29, 0.717) is 17.8 Å². The average Bonchev–Trinajstić information content (AvgIpc) is 2.89. The van der Waals surface area contributed by atoms with Gasteiger partial charge in [-0.05, 0) is 48.8 Å². The second kappa shape index (κ2) is 9.10. The summed E-state index contributed by atoms with van der Waals surface area (Å²) in [5.74, 6) is 0.0111. The molecule has 0 aliphatic carbocycles. The highest BCUT2D eigenvalue weighted by Crippen LogP contribution is 2.27. The fourth-order valence-electron chi connectivity index (χ4n) is 3.90. The van der Waals surface area contributed by atoms with Gasteiger partial charge in [-0.2, -0.15) is 4.65 Å². The van der Waals surface area contributed by atoms with Crippen LogP contribution in [0.1, 0.15) is 56.7 Å². The lowest BCUT2D eigenvalue weighted by molar-refractivity contribution is -1.11. The molecule has 29 heavy (non-hydrogen) atoms. The van der Waals surface area contributed by atoms with E-state index >= 15 is 0 Å². The van der Waals surface area contributed by atoms with Gasteiger partial charge in [0.15, 0.2) is 6.54 Å². The monoisotopic (exact) mass is 395 g/mol. The number of nitrogens with one attached hydrogen (secondary N) is 1. The number of anilines is 1. The molecule has 2 aromatic rings. The summed E-state index contributed by atoms with van der Waals surface area (Å²) in [7, 11) is 0. The van der Waals surface area contributed by atoms with E-state index in [2.05, 4.69) is 56.4 Å². The highest BCUT2D eigenvalue weighted by molar-refractivity contribution is 5.92. The van der Waals surface area contributed by atoms with Gasteiger partial charge < -0.3 is 5.32 Å². The number of hydrogen-bond acceptors (Lipinski definition) is 2. The molecule has 156 valence electrons. The van der Waals surface area contributed by atoms with Crippen molar-refractivity contribution in [3.8, 4) is 0 Å². The molecule has 0 saturated carbocycles. The molecule has 1 heterocycles. The number of quaternary nitrogens is 1. The van der Waals surface area contributed by atoms with E-state index in [4.69, 9.17) is 4.84 Å². The Labute approximate surface area is 175 Å². The minimum atomic E-state index is 0.0111. The summed E-state index contributed by atoms with van der Waals surface area (Å²) in [5, 5.41) is 3.17. The molecular weight excluding hydrogens is 360 g/mol. The molecule has 0 spiro atoms. The molecule has 1 N–H and O–H groups in total. The molecule has 1 aliphatic heterocycles. The molecule has 1 atom stereocenters. The first-order valence-electron chi connectivity index (χ1n) is 10.7. The van der Waals surface area contributed by atoms with E-state index < -0.39 is 0 Å². The summed E-state index contributed by atoms with van der Waals surface area (Å²) < 4.78 is 0.369. The standard InChI is InChI=1S/C25H34N2O2/c1-20-13-14-22(25(2,3)4)17-23(20)26-24(28)19-27(15-9-6-10-16-29-27)18-21-11-7-5-8-12-21/h5,7-8,11-14,17H,6,9-10,15-16,18-19H2,1-4H3/p+1. The van der Waals surface area contributed by atoms with Crippen LogP contribution in [0, 0.1) is 6.92 Å². The Morgan fingerprint density at radius 1 is 1.07 bits per heavy atom. The Morgan fingerprint density at radius 2 is 1.83 bits per heavy atom. The second-order valence-electron chi connectivity index (χ2n) is 9.31. The van der Waals surface area contributed by atoms with E-state index in [0.717, 1.165) is 43.6 Å². The van der Waals surface area contributed by atoms with Crippen molar-refractivity contribution in [3.63, 3.8) is 0 Å². The van der Waals surface area contributed by atoms with Crippen LogP contribution in [-0.2, 0) is 21.6 Å². The Hall–Kier alpha value is -2.17. The Balaban J connectivity index is 1.78. The lowest BCUT2D eigenvalue weighted by Crippen LogP contribution is -2.51. The van der Waals surface area contributed by atoms with Gasteiger partial charge in [0, 0.05) is 11.3 Å². The predicted molar refractivity (Wildman–Crippen MR) is 118 cm³/mol. The van der Waals surface area contributed by atoms with Gasteiger partial charge in [0.1, 0.15) is 19.7 Å². The molecule has 1 unspecified atom stereocenters. The van der Waals surface area contributed by atoms with Crippen molar-refractivity contribution >= 4 is 11.6 Å². The van der Waals surface area contributed by atoms with Crippen LogP contribution in [0.2, 0.25) is 0 Å². The van der Waals surface area contributed by atoms with Gasteiger partial charge in [-0.3, -0.25) is 4.79 Å². The number of hydroxylamine groups is 3. The quantitative estimate of drug-likeness (QED) is 0.692. The Morgan fingerprint density at radius 3 is 2.55 bits per heavy atom. The van der Waals surface area contributed by atoms with Crippen LogP contribution < -0.4 is 5.32 Å². The highest BCUT2D eigenvalue weighted by Gasteiger charge is 2.34. The lowest BCUT2D eigenvalue weighted by Gasteiger charge is -2.34. The topological polar surface area (TPSA) is 38.3 Å². The van der Waals surface area contributed by atoms with Crippen LogP contribution in [0.3, 0.4) is 0 Å². The van der Waals surface area contributed by atoms with Crippen molar-refractivity contribution in [3.05, 3.63) is 65.2 Å². The molecule has 1 fully saturated rings. The van der Waals surface area contributed by atoms with Crippen molar-refractivity contribution in [1.82, 2.24) is 0 Å². The number of benzene rings is 2. The minimum Gasteiger partial charge on any atom is -0.321 e. The smallest absolute Gasteiger partial charge is 0.282 e. The predicted octanol–water partition coefficient (Wildman–Crippen LogP) is 5.36. The van der Waals surface area contributed by atoms with Gasteiger partial charge in [0.05, 0.1) is 0 Å². The number of carbonyl (C=O) groups is 1. The van der Waals surface area contributed by atoms with Crippen molar-refractivity contribution in [2.24, 2.45) is 0 Å². The molecule has 3 rings (SSSR count). The summed E-state index contributed by atoms with van der Waals surface area (Å²) in [4.78, 5) is 19.4. The lowest BCUT2D eigenvalue weighted by atomic mass is 9.86. The molecule has 0 aromatic heterocycles. The summed E-state index contributed by atoms with van der Waals surface area (Å²) in [6, 6.07) is 16.7. The molecule has 1 amide bonds. The van der Waals surface area contributed by atoms with Crippen LogP contribution >= 0.6 is 0 Å². The fraction of sp³-hybridized carbons (Fsp3) is 0.480. The first kappa shape index (κ1) is 21.5. The third-order valence-electron chi connectivity index (χ3n) is 5.70. The van der Waals surface area contributed by atoms with E-state index in [1.807, 2.05) is 25.1 Å². The molecule has 4 heteroatoms. The number of carbonyl (C=O) groups excluding carboxylic acids is 1. The number of hydrogen-bond donors (Lipinski definition) is 1. The number of nitrogens with zero attached hydrogens (tertiary/aromatic N) is 1. The zero-order valence-corrected chi connectivity index (χ0v) is 18.3. The first-order chi connectivity index (χ1) is 13.8. The van der Waals surface area contributed by atoms with Crippen LogP contribution in [0.5, 0.6) is 0 Å². The van der Waals surface area contributed by atoms with E-state index in [-0.39, 0.29) is 11.3 Å². The molecule has 0 bridgehead atoms. The zero-order valence-electron chi connectivity index (χ0n) is 18.3. The normalized spacial score (nSPS) is 20.1. The van der Waals surface area contributed by atoms with E-state index in [9.17, 15) is 4.79 Å². The maximum absolute atomic E-state index is 13.1. The maximum atomic E-state index is 13.1. The molecule has 4 nitrogen and oxygen atoms in total. The highest BCUT2D eigenvalue weighted by atomic mass is 16.7. The Bertz CT molecular complexity index is 816. The summed E-state index contributed by atoms with van der Waals surface area (Å²) in [6.07, 6.45) is 3.30. The molecule has 1 saturated heterocycles. The number of amides is 1. The van der Waals surface area contributed by atoms with Crippen LogP contribution in [-0.4, -0.2) is 30.2 Å². The van der Waals surface area contributed by atoms with Crippen LogP contribution in [0.15, 0.2) is 48.5 Å². The third-order valence-corrected chi connectivity index (χ3v) is 5.70. The third kappa shape index (κ3) is 5.91. The SMILES string of the molecule is Cc1ccc(C(C)(C)C)cc1NC(=O)C[N+]1(Cc2ccccc2)CCCCCO1. The van der Waals surface area contributed by atoms with Crippen molar-refractivity contribution in [1.29, 1.82) is 0 Å². The Kier molecular flexibility index (Phi) is 6.76.